The van der Waals surface area contributed by atoms with Gasteiger partial charge in [-0.2, -0.15) is 0 Å². The van der Waals surface area contributed by atoms with Crippen molar-refractivity contribution in [3.63, 3.8) is 0 Å². The highest BCUT2D eigenvalue weighted by Gasteiger charge is 2.35. The van der Waals surface area contributed by atoms with Gasteiger partial charge in [-0.25, -0.2) is 9.78 Å². The van der Waals surface area contributed by atoms with Gasteiger partial charge in [-0.1, -0.05) is 31.9 Å². The first-order chi connectivity index (χ1) is 17.3. The van der Waals surface area contributed by atoms with E-state index in [0.717, 1.165) is 36.1 Å². The van der Waals surface area contributed by atoms with Gasteiger partial charge in [0, 0.05) is 22.0 Å². The molecule has 1 amide bonds. The molecule has 0 spiro atoms. The number of ether oxygens (including phenoxy) is 1. The van der Waals surface area contributed by atoms with Gasteiger partial charge in [0.25, 0.3) is 5.89 Å². The van der Waals surface area contributed by atoms with Crippen LogP contribution in [0.25, 0.3) is 10.4 Å². The van der Waals surface area contributed by atoms with Crippen molar-refractivity contribution in [1.82, 2.24) is 9.88 Å². The minimum atomic E-state index is -0.526. The van der Waals surface area contributed by atoms with Crippen LogP contribution in [0.5, 0.6) is 0 Å². The van der Waals surface area contributed by atoms with Crippen LogP contribution in [0.3, 0.4) is 0 Å². The van der Waals surface area contributed by atoms with Crippen LogP contribution in [0.4, 0.5) is 5.69 Å². The third-order valence-electron chi connectivity index (χ3n) is 6.68. The van der Waals surface area contributed by atoms with E-state index in [9.17, 15) is 14.4 Å². The fourth-order valence-corrected chi connectivity index (χ4v) is 5.81. The summed E-state index contributed by atoms with van der Waals surface area (Å²) in [6.45, 7) is 2.23. The minimum Gasteiger partial charge on any atom is -0.465 e. The first kappa shape index (κ1) is 25.8. The Morgan fingerprint density at radius 2 is 1.83 bits per heavy atom. The standard InChI is InChI=1S/C27H31N3O5S/c1-16-5-7-18(8-6-16)23(31)22(30(2)3)20-15-21(36-24(20)27(33)34-4)17-9-11-19(12-10-17)29-25(32)26-28-13-14-35-26/h9-16,18,22H,5-8H2,1-4H3,(H,29,32). The van der Waals surface area contributed by atoms with Gasteiger partial charge >= 0.3 is 11.9 Å². The molecule has 0 saturated heterocycles. The highest BCUT2D eigenvalue weighted by Crippen LogP contribution is 2.40. The van der Waals surface area contributed by atoms with Gasteiger partial charge in [0.15, 0.2) is 5.78 Å². The molecule has 1 aromatic carbocycles. The Kier molecular flexibility index (Phi) is 8.01. The molecule has 0 aliphatic heterocycles. The Hall–Kier alpha value is -3.30. The second-order valence-corrected chi connectivity index (χ2v) is 10.5. The number of amides is 1. The molecule has 1 fully saturated rings. The van der Waals surface area contributed by atoms with Crippen molar-refractivity contribution in [3.8, 4) is 10.4 Å². The SMILES string of the molecule is COC(=O)c1sc(-c2ccc(NC(=O)c3ncco3)cc2)cc1C(C(=O)C1CCC(C)CC1)N(C)C. The Balaban J connectivity index is 1.61. The third kappa shape index (κ3) is 5.57. The molecule has 1 atom stereocenters. The summed E-state index contributed by atoms with van der Waals surface area (Å²) >= 11 is 1.31. The molecule has 9 heteroatoms. The number of esters is 1. The molecule has 1 unspecified atom stereocenters. The molecule has 1 aliphatic rings. The summed E-state index contributed by atoms with van der Waals surface area (Å²) in [5, 5.41) is 2.74. The normalized spacial score (nSPS) is 18.6. The minimum absolute atomic E-state index is 0.00556. The summed E-state index contributed by atoms with van der Waals surface area (Å²) in [6, 6.07) is 8.65. The lowest BCUT2D eigenvalue weighted by molar-refractivity contribution is -0.128. The number of nitrogens with one attached hydrogen (secondary N) is 1. The molecule has 2 aromatic heterocycles. The van der Waals surface area contributed by atoms with Crippen molar-refractivity contribution in [2.75, 3.05) is 26.5 Å². The number of rotatable bonds is 8. The van der Waals surface area contributed by atoms with Gasteiger partial charge in [0.05, 0.1) is 19.3 Å². The summed E-state index contributed by atoms with van der Waals surface area (Å²) < 4.78 is 10.1. The molecule has 0 radical (unpaired) electrons. The van der Waals surface area contributed by atoms with Crippen LogP contribution in [0.15, 0.2) is 47.2 Å². The van der Waals surface area contributed by atoms with Gasteiger partial charge < -0.3 is 14.5 Å². The summed E-state index contributed by atoms with van der Waals surface area (Å²) in [5.74, 6) is -0.110. The number of Topliss-reactive ketones (excluding diaryl/α,β-unsaturated/α-hetero) is 1. The summed E-state index contributed by atoms with van der Waals surface area (Å²) in [6.07, 6.45) is 6.62. The second-order valence-electron chi connectivity index (χ2n) is 9.48. The third-order valence-corrected chi connectivity index (χ3v) is 7.86. The topological polar surface area (TPSA) is 102 Å². The molecule has 1 N–H and O–H groups in total. The fraction of sp³-hybridized carbons (Fsp3) is 0.407. The first-order valence-corrected chi connectivity index (χ1v) is 12.8. The Morgan fingerprint density at radius 1 is 1.14 bits per heavy atom. The predicted molar refractivity (Wildman–Crippen MR) is 138 cm³/mol. The number of aromatic nitrogens is 1. The predicted octanol–water partition coefficient (Wildman–Crippen LogP) is 5.44. The lowest BCUT2D eigenvalue weighted by Gasteiger charge is -2.31. The highest BCUT2D eigenvalue weighted by atomic mass is 32.1. The second kappa shape index (κ2) is 11.2. The number of likely N-dealkylation sites (N-methyl/N-ethyl adjacent to an activating group) is 1. The largest absolute Gasteiger partial charge is 0.465 e. The van der Waals surface area contributed by atoms with Crippen LogP contribution in [0, 0.1) is 11.8 Å². The Morgan fingerprint density at radius 3 is 2.42 bits per heavy atom. The van der Waals surface area contributed by atoms with Crippen LogP contribution in [0.2, 0.25) is 0 Å². The lowest BCUT2D eigenvalue weighted by Crippen LogP contribution is -2.34. The van der Waals surface area contributed by atoms with E-state index in [1.54, 1.807) is 12.1 Å². The fourth-order valence-electron chi connectivity index (χ4n) is 4.69. The molecule has 1 aliphatic carbocycles. The monoisotopic (exact) mass is 509 g/mol. The van der Waals surface area contributed by atoms with Crippen molar-refractivity contribution >= 4 is 34.7 Å². The van der Waals surface area contributed by atoms with E-state index < -0.39 is 17.9 Å². The molecule has 190 valence electrons. The number of thiophene rings is 1. The van der Waals surface area contributed by atoms with Crippen molar-refractivity contribution in [1.29, 1.82) is 0 Å². The molecule has 36 heavy (non-hydrogen) atoms. The summed E-state index contributed by atoms with van der Waals surface area (Å²) in [4.78, 5) is 45.6. The van der Waals surface area contributed by atoms with E-state index in [-0.39, 0.29) is 17.6 Å². The van der Waals surface area contributed by atoms with Gasteiger partial charge in [-0.15, -0.1) is 11.3 Å². The average Bonchev–Trinajstić information content (AvgIpc) is 3.55. The zero-order valence-electron chi connectivity index (χ0n) is 20.9. The van der Waals surface area contributed by atoms with Crippen LogP contribution < -0.4 is 5.32 Å². The number of nitrogens with zero attached hydrogens (tertiary/aromatic N) is 2. The molecule has 3 aromatic rings. The number of anilines is 1. The number of ketones is 1. The maximum absolute atomic E-state index is 13.7. The highest BCUT2D eigenvalue weighted by molar-refractivity contribution is 7.17. The molecular weight excluding hydrogens is 478 g/mol. The number of methoxy groups -OCH3 is 1. The zero-order chi connectivity index (χ0) is 25.8. The van der Waals surface area contributed by atoms with Gasteiger partial charge in [-0.05, 0) is 56.6 Å². The smallest absolute Gasteiger partial charge is 0.348 e. The zero-order valence-corrected chi connectivity index (χ0v) is 21.8. The number of oxazole rings is 1. The number of benzene rings is 1. The van der Waals surface area contributed by atoms with E-state index in [1.807, 2.05) is 37.2 Å². The van der Waals surface area contributed by atoms with Gasteiger partial charge in [0.2, 0.25) is 0 Å². The van der Waals surface area contributed by atoms with Gasteiger partial charge in [-0.3, -0.25) is 14.5 Å². The molecular formula is C27H31N3O5S. The molecule has 8 nitrogen and oxygen atoms in total. The van der Waals surface area contributed by atoms with E-state index in [2.05, 4.69) is 17.2 Å². The number of hydrogen-bond donors (Lipinski definition) is 1. The Labute approximate surface area is 214 Å². The van der Waals surface area contributed by atoms with Crippen LogP contribution in [-0.4, -0.2) is 48.7 Å². The average molecular weight is 510 g/mol. The Bertz CT molecular complexity index is 1210. The number of carbonyl (C=O) groups is 3. The van der Waals surface area contributed by atoms with Crippen LogP contribution in [0.1, 0.15) is 64.6 Å². The van der Waals surface area contributed by atoms with Crippen molar-refractivity contribution < 1.29 is 23.5 Å². The molecule has 4 rings (SSSR count). The maximum atomic E-state index is 13.7. The lowest BCUT2D eigenvalue weighted by atomic mass is 9.78. The molecule has 1 saturated carbocycles. The van der Waals surface area contributed by atoms with E-state index >= 15 is 0 Å². The van der Waals surface area contributed by atoms with Crippen molar-refractivity contribution in [2.45, 2.75) is 38.6 Å². The maximum Gasteiger partial charge on any atom is 0.348 e. The quantitative estimate of drug-likeness (QED) is 0.403. The van der Waals surface area contributed by atoms with Gasteiger partial charge in [0.1, 0.15) is 11.1 Å². The van der Waals surface area contributed by atoms with Crippen LogP contribution in [-0.2, 0) is 9.53 Å². The molecule has 0 bridgehead atoms. The molecule has 2 heterocycles. The first-order valence-electron chi connectivity index (χ1n) is 12.0. The summed E-state index contributed by atoms with van der Waals surface area (Å²) in [5.41, 5.74) is 2.12. The summed E-state index contributed by atoms with van der Waals surface area (Å²) in [7, 11) is 5.10. The van der Waals surface area contributed by atoms with Crippen LogP contribution >= 0.6 is 11.3 Å². The van der Waals surface area contributed by atoms with E-state index in [1.165, 1.54) is 30.9 Å². The van der Waals surface area contributed by atoms with E-state index in [0.29, 0.717) is 22.0 Å². The van der Waals surface area contributed by atoms with E-state index in [4.69, 9.17) is 9.15 Å². The van der Waals surface area contributed by atoms with Crippen molar-refractivity contribution in [3.05, 3.63) is 59.1 Å². The number of carbonyl (C=O) groups excluding carboxylic acids is 3. The number of hydrogen-bond acceptors (Lipinski definition) is 8. The van der Waals surface area contributed by atoms with Crippen molar-refractivity contribution in [2.24, 2.45) is 11.8 Å².